The molecule has 18 heavy (non-hydrogen) atoms. The number of nitrogens with zero attached hydrogens (tertiary/aromatic N) is 2. The average Bonchev–Trinajstić information content (AvgIpc) is 2.64. The number of rotatable bonds is 2. The third-order valence-electron chi connectivity index (χ3n) is 2.74. The van der Waals surface area contributed by atoms with Gasteiger partial charge in [0.15, 0.2) is 0 Å². The number of esters is 1. The molecule has 0 saturated heterocycles. The number of fused-ring (bicyclic) bond motifs is 1. The summed E-state index contributed by atoms with van der Waals surface area (Å²) in [5, 5.41) is 0.801. The lowest BCUT2D eigenvalue weighted by Crippen LogP contribution is -2.10. The predicted molar refractivity (Wildman–Crippen MR) is 74.4 cm³/mol. The van der Waals surface area contributed by atoms with Crippen LogP contribution in [0.1, 0.15) is 15.4 Å². The third-order valence-corrected chi connectivity index (χ3v) is 3.83. The highest BCUT2D eigenvalue weighted by Gasteiger charge is 2.19. The molecule has 0 saturated carbocycles. The number of aromatic nitrogens is 1. The zero-order chi connectivity index (χ0) is 13.4. The van der Waals surface area contributed by atoms with Crippen molar-refractivity contribution in [3.8, 4) is 0 Å². The van der Waals surface area contributed by atoms with E-state index in [1.807, 2.05) is 32.0 Å². The fourth-order valence-corrected chi connectivity index (χ4v) is 2.86. The Balaban J connectivity index is 2.70. The Morgan fingerprint density at radius 1 is 1.50 bits per heavy atom. The lowest BCUT2D eigenvalue weighted by molar-refractivity contribution is 0.0607. The normalized spacial score (nSPS) is 10.7. The van der Waals surface area contributed by atoms with Crippen molar-refractivity contribution in [3.05, 3.63) is 16.6 Å². The molecule has 5 nitrogen and oxygen atoms in total. The number of nitrogen functional groups attached to an aromatic ring is 1. The molecular weight excluding hydrogens is 250 g/mol. The smallest absolute Gasteiger partial charge is 0.350 e. The Labute approximate surface area is 109 Å². The largest absolute Gasteiger partial charge is 0.465 e. The van der Waals surface area contributed by atoms with Gasteiger partial charge in [-0.2, -0.15) is 0 Å². The Kier molecular flexibility index (Phi) is 3.13. The molecule has 2 aromatic rings. The van der Waals surface area contributed by atoms with Crippen LogP contribution in [-0.4, -0.2) is 32.2 Å². The van der Waals surface area contributed by atoms with E-state index in [9.17, 15) is 4.79 Å². The van der Waals surface area contributed by atoms with Gasteiger partial charge in [-0.25, -0.2) is 9.78 Å². The topological polar surface area (TPSA) is 68.5 Å². The van der Waals surface area contributed by atoms with Crippen molar-refractivity contribution < 1.29 is 9.53 Å². The number of carbonyl (C=O) groups is 1. The van der Waals surface area contributed by atoms with Gasteiger partial charge in [-0.15, -0.1) is 11.3 Å². The second-order valence-corrected chi connectivity index (χ2v) is 5.18. The summed E-state index contributed by atoms with van der Waals surface area (Å²) in [4.78, 5) is 19.2. The van der Waals surface area contributed by atoms with Gasteiger partial charge in [0, 0.05) is 19.5 Å². The second-order valence-electron chi connectivity index (χ2n) is 4.18. The first kappa shape index (κ1) is 12.6. The van der Waals surface area contributed by atoms with Crippen LogP contribution in [0.4, 0.5) is 11.4 Å². The zero-order valence-corrected chi connectivity index (χ0v) is 11.6. The molecule has 0 aliphatic rings. The Morgan fingerprint density at radius 2 is 2.17 bits per heavy atom. The number of carbonyl (C=O) groups excluding carboxylic acids is 1. The van der Waals surface area contributed by atoms with E-state index in [4.69, 9.17) is 10.5 Å². The summed E-state index contributed by atoms with van der Waals surface area (Å²) in [6.45, 7) is 1.93. The molecule has 6 heteroatoms. The maximum atomic E-state index is 11.6. The van der Waals surface area contributed by atoms with Gasteiger partial charge in [-0.05, 0) is 13.0 Å². The van der Waals surface area contributed by atoms with Crippen molar-refractivity contribution in [2.24, 2.45) is 0 Å². The molecule has 2 aromatic heterocycles. The average molecular weight is 265 g/mol. The van der Waals surface area contributed by atoms with E-state index in [2.05, 4.69) is 4.98 Å². The van der Waals surface area contributed by atoms with Gasteiger partial charge in [0.2, 0.25) is 0 Å². The van der Waals surface area contributed by atoms with Crippen LogP contribution in [0.5, 0.6) is 0 Å². The highest BCUT2D eigenvalue weighted by molar-refractivity contribution is 7.21. The molecule has 2 heterocycles. The molecule has 0 unspecified atom stereocenters. The van der Waals surface area contributed by atoms with Crippen LogP contribution < -0.4 is 10.6 Å². The molecule has 0 aromatic carbocycles. The lowest BCUT2D eigenvalue weighted by atomic mass is 10.2. The van der Waals surface area contributed by atoms with Gasteiger partial charge in [-0.1, -0.05) is 0 Å². The number of hydrogen-bond donors (Lipinski definition) is 1. The van der Waals surface area contributed by atoms with E-state index in [0.29, 0.717) is 10.6 Å². The van der Waals surface area contributed by atoms with Crippen molar-refractivity contribution >= 4 is 38.9 Å². The van der Waals surface area contributed by atoms with Crippen LogP contribution in [0.2, 0.25) is 0 Å². The summed E-state index contributed by atoms with van der Waals surface area (Å²) in [5.74, 6) is -0.417. The highest BCUT2D eigenvalue weighted by atomic mass is 32.1. The zero-order valence-electron chi connectivity index (χ0n) is 10.8. The van der Waals surface area contributed by atoms with Gasteiger partial charge >= 0.3 is 5.97 Å². The minimum atomic E-state index is -0.417. The van der Waals surface area contributed by atoms with E-state index in [-0.39, 0.29) is 0 Å². The standard InChI is InChI=1S/C12H15N3O2S/c1-6-8(15(2)3)5-7-9(13)10(12(16)17-4)18-11(7)14-6/h5H,13H2,1-4H3. The molecule has 0 aliphatic carbocycles. The Hall–Kier alpha value is -1.82. The van der Waals surface area contributed by atoms with E-state index in [1.165, 1.54) is 18.4 Å². The Morgan fingerprint density at radius 3 is 2.72 bits per heavy atom. The molecule has 0 bridgehead atoms. The molecule has 0 fully saturated rings. The molecule has 0 spiro atoms. The van der Waals surface area contributed by atoms with Gasteiger partial charge < -0.3 is 15.4 Å². The number of thiophene rings is 1. The number of anilines is 2. The molecule has 2 rings (SSSR count). The van der Waals surface area contributed by atoms with E-state index < -0.39 is 5.97 Å². The van der Waals surface area contributed by atoms with Crippen LogP contribution in [0.3, 0.4) is 0 Å². The number of aryl methyl sites for hydroxylation is 1. The third kappa shape index (κ3) is 1.88. The quantitative estimate of drug-likeness (QED) is 0.841. The monoisotopic (exact) mass is 265 g/mol. The lowest BCUT2D eigenvalue weighted by Gasteiger charge is -2.14. The maximum Gasteiger partial charge on any atom is 0.350 e. The summed E-state index contributed by atoms with van der Waals surface area (Å²) in [6, 6.07) is 1.95. The van der Waals surface area contributed by atoms with Gasteiger partial charge in [0.05, 0.1) is 24.2 Å². The Bertz CT molecular complexity index is 619. The summed E-state index contributed by atoms with van der Waals surface area (Å²) in [5.41, 5.74) is 8.32. The first-order valence-corrected chi connectivity index (χ1v) is 6.22. The highest BCUT2D eigenvalue weighted by Crippen LogP contribution is 2.35. The van der Waals surface area contributed by atoms with Crippen LogP contribution >= 0.6 is 11.3 Å². The first-order chi connectivity index (χ1) is 8.45. The minimum absolute atomic E-state index is 0.412. The SMILES string of the molecule is COC(=O)c1sc2nc(C)c(N(C)C)cc2c1N. The molecule has 96 valence electrons. The molecule has 2 N–H and O–H groups in total. The van der Waals surface area contributed by atoms with Gasteiger partial charge in [0.1, 0.15) is 9.71 Å². The van der Waals surface area contributed by atoms with Crippen LogP contribution in [0.15, 0.2) is 6.07 Å². The molecule has 0 amide bonds. The maximum absolute atomic E-state index is 11.6. The van der Waals surface area contributed by atoms with Crippen molar-refractivity contribution in [1.82, 2.24) is 4.98 Å². The van der Waals surface area contributed by atoms with Crippen molar-refractivity contribution in [3.63, 3.8) is 0 Å². The molecule has 0 atom stereocenters. The van der Waals surface area contributed by atoms with E-state index >= 15 is 0 Å². The number of pyridine rings is 1. The molecular formula is C12H15N3O2S. The number of hydrogen-bond acceptors (Lipinski definition) is 6. The molecule has 0 aliphatic heterocycles. The minimum Gasteiger partial charge on any atom is -0.465 e. The van der Waals surface area contributed by atoms with E-state index in [0.717, 1.165) is 21.6 Å². The van der Waals surface area contributed by atoms with Crippen LogP contribution in [0.25, 0.3) is 10.2 Å². The fourth-order valence-electron chi connectivity index (χ4n) is 1.81. The second kappa shape index (κ2) is 4.45. The fraction of sp³-hybridized carbons (Fsp3) is 0.333. The number of ether oxygens (including phenoxy) is 1. The first-order valence-electron chi connectivity index (χ1n) is 5.41. The van der Waals surface area contributed by atoms with Crippen LogP contribution in [0, 0.1) is 6.92 Å². The molecule has 0 radical (unpaired) electrons. The predicted octanol–water partition coefficient (Wildman–Crippen LogP) is 2.04. The summed E-state index contributed by atoms with van der Waals surface area (Å²) >= 11 is 1.26. The van der Waals surface area contributed by atoms with E-state index in [1.54, 1.807) is 0 Å². The summed E-state index contributed by atoms with van der Waals surface area (Å²) in [6.07, 6.45) is 0. The van der Waals surface area contributed by atoms with Crippen molar-refractivity contribution in [1.29, 1.82) is 0 Å². The summed E-state index contributed by atoms with van der Waals surface area (Å²) in [7, 11) is 5.23. The van der Waals surface area contributed by atoms with Crippen LogP contribution in [-0.2, 0) is 4.74 Å². The number of nitrogens with two attached hydrogens (primary N) is 1. The van der Waals surface area contributed by atoms with Gasteiger partial charge in [0.25, 0.3) is 0 Å². The van der Waals surface area contributed by atoms with Crippen molar-refractivity contribution in [2.75, 3.05) is 31.8 Å². The van der Waals surface area contributed by atoms with Crippen molar-refractivity contribution in [2.45, 2.75) is 6.92 Å². The van der Waals surface area contributed by atoms with Gasteiger partial charge in [-0.3, -0.25) is 0 Å². The number of methoxy groups -OCH3 is 1. The summed E-state index contributed by atoms with van der Waals surface area (Å²) < 4.78 is 4.71.